The summed E-state index contributed by atoms with van der Waals surface area (Å²) in [6, 6.07) is 9.56. The number of rotatable bonds is 4. The molecule has 1 aromatic carbocycles. The lowest BCUT2D eigenvalue weighted by molar-refractivity contribution is 0.0493. The summed E-state index contributed by atoms with van der Waals surface area (Å²) in [7, 11) is 0. The van der Waals surface area contributed by atoms with Crippen molar-refractivity contribution in [1.29, 1.82) is 0 Å². The molecule has 2 atom stereocenters. The second-order valence-electron chi connectivity index (χ2n) is 11.2. The normalized spacial score (nSPS) is 26.9. The van der Waals surface area contributed by atoms with Crippen molar-refractivity contribution in [2.75, 3.05) is 6.61 Å². The molecule has 5 rings (SSSR count). The first-order chi connectivity index (χ1) is 17.7. The van der Waals surface area contributed by atoms with Crippen LogP contribution < -0.4 is 5.56 Å². The number of benzene rings is 1. The number of para-hydroxylation sites is 2. The maximum absolute atomic E-state index is 13.6. The van der Waals surface area contributed by atoms with Gasteiger partial charge < -0.3 is 9.30 Å². The molecule has 2 aromatic rings. The quantitative estimate of drug-likeness (QED) is 0.460. The van der Waals surface area contributed by atoms with Crippen LogP contribution in [0.1, 0.15) is 120 Å². The van der Waals surface area contributed by atoms with Crippen molar-refractivity contribution >= 4 is 17.0 Å². The maximum Gasteiger partial charge on any atom is 0.362 e. The van der Waals surface area contributed by atoms with Crippen molar-refractivity contribution in [2.45, 2.75) is 127 Å². The number of hydrogen-bond acceptors (Lipinski definition) is 5. The van der Waals surface area contributed by atoms with E-state index in [-0.39, 0.29) is 23.9 Å². The van der Waals surface area contributed by atoms with Crippen molar-refractivity contribution in [3.8, 4) is 0 Å². The molecular formula is C30H43N3O3. The van der Waals surface area contributed by atoms with Crippen molar-refractivity contribution in [2.24, 2.45) is 0 Å². The standard InChI is InChI=1S/C30H43N3O3/c1-2-36-30(35)28-29(34)33(27-17-13-12-16-26(27)31-28)25-20-23-18-19-24(21-25)32(23)22-14-10-8-6-4-3-5-7-9-11-15-22/h12-13,16-17,22-25H,2-11,14-15,18-21H2,1H3. The molecule has 3 aliphatic rings. The second-order valence-corrected chi connectivity index (χ2v) is 11.2. The third-order valence-electron chi connectivity index (χ3n) is 8.89. The minimum absolute atomic E-state index is 0.0790. The number of ether oxygens (including phenoxy) is 1. The van der Waals surface area contributed by atoms with Crippen LogP contribution in [0.15, 0.2) is 29.1 Å². The molecular weight excluding hydrogens is 450 g/mol. The van der Waals surface area contributed by atoms with Gasteiger partial charge in [0.05, 0.1) is 17.6 Å². The van der Waals surface area contributed by atoms with E-state index in [1.54, 1.807) is 6.92 Å². The molecule has 2 aliphatic heterocycles. The van der Waals surface area contributed by atoms with Crippen LogP contribution in [0.3, 0.4) is 0 Å². The average Bonchev–Trinajstić information content (AvgIpc) is 3.13. The summed E-state index contributed by atoms with van der Waals surface area (Å²) >= 11 is 0. The summed E-state index contributed by atoms with van der Waals surface area (Å²) in [5.41, 5.74) is 1.15. The summed E-state index contributed by atoms with van der Waals surface area (Å²) in [6.07, 6.45) is 19.5. The molecule has 6 nitrogen and oxygen atoms in total. The van der Waals surface area contributed by atoms with E-state index in [1.165, 1.54) is 83.5 Å². The van der Waals surface area contributed by atoms with Gasteiger partial charge in [0.15, 0.2) is 0 Å². The van der Waals surface area contributed by atoms with E-state index in [1.807, 2.05) is 28.8 Å². The molecule has 1 aliphatic carbocycles. The van der Waals surface area contributed by atoms with Crippen molar-refractivity contribution in [3.05, 3.63) is 40.3 Å². The van der Waals surface area contributed by atoms with Gasteiger partial charge in [0.1, 0.15) is 0 Å². The van der Waals surface area contributed by atoms with Crippen molar-refractivity contribution in [3.63, 3.8) is 0 Å². The van der Waals surface area contributed by atoms with E-state index in [2.05, 4.69) is 9.88 Å². The van der Waals surface area contributed by atoms with Crippen LogP contribution in [0.25, 0.3) is 11.0 Å². The molecule has 2 saturated heterocycles. The van der Waals surface area contributed by atoms with Crippen LogP contribution in [-0.2, 0) is 4.74 Å². The fraction of sp³-hybridized carbons (Fsp3) is 0.700. The van der Waals surface area contributed by atoms with Crippen LogP contribution in [0.4, 0.5) is 0 Å². The zero-order valence-electron chi connectivity index (χ0n) is 22.0. The number of esters is 1. The van der Waals surface area contributed by atoms with Gasteiger partial charge >= 0.3 is 5.97 Å². The predicted molar refractivity (Wildman–Crippen MR) is 143 cm³/mol. The van der Waals surface area contributed by atoms with E-state index >= 15 is 0 Å². The highest BCUT2D eigenvalue weighted by molar-refractivity contribution is 5.89. The van der Waals surface area contributed by atoms with Crippen LogP contribution in [0.5, 0.6) is 0 Å². The summed E-state index contributed by atoms with van der Waals surface area (Å²) in [5.74, 6) is -0.615. The monoisotopic (exact) mass is 493 g/mol. The summed E-state index contributed by atoms with van der Waals surface area (Å²) < 4.78 is 7.07. The van der Waals surface area contributed by atoms with Gasteiger partial charge in [0.2, 0.25) is 5.69 Å². The molecule has 0 radical (unpaired) electrons. The molecule has 3 heterocycles. The minimum Gasteiger partial charge on any atom is -0.461 e. The Morgan fingerprint density at radius 1 is 0.833 bits per heavy atom. The molecule has 0 amide bonds. The molecule has 2 unspecified atom stereocenters. The lowest BCUT2D eigenvalue weighted by Gasteiger charge is -2.44. The zero-order chi connectivity index (χ0) is 24.9. The van der Waals surface area contributed by atoms with E-state index in [9.17, 15) is 9.59 Å². The Labute approximate surface area is 215 Å². The second kappa shape index (κ2) is 11.9. The largest absolute Gasteiger partial charge is 0.461 e. The van der Waals surface area contributed by atoms with Crippen LogP contribution in [-0.4, -0.2) is 45.2 Å². The third kappa shape index (κ3) is 5.39. The molecule has 3 fully saturated rings. The Bertz CT molecular complexity index is 1070. The highest BCUT2D eigenvalue weighted by atomic mass is 16.5. The number of nitrogens with zero attached hydrogens (tertiary/aromatic N) is 3. The third-order valence-corrected chi connectivity index (χ3v) is 8.89. The summed E-state index contributed by atoms with van der Waals surface area (Å²) in [5, 5.41) is 0. The Hall–Kier alpha value is -2.21. The van der Waals surface area contributed by atoms with E-state index < -0.39 is 5.97 Å². The van der Waals surface area contributed by atoms with Gasteiger partial charge in [-0.3, -0.25) is 9.69 Å². The summed E-state index contributed by atoms with van der Waals surface area (Å²) in [6.45, 7) is 1.99. The number of carbonyl (C=O) groups excluding carboxylic acids is 1. The first kappa shape index (κ1) is 25.4. The predicted octanol–water partition coefficient (Wildman–Crippen LogP) is 6.41. The number of carbonyl (C=O) groups is 1. The topological polar surface area (TPSA) is 64.4 Å². The van der Waals surface area contributed by atoms with E-state index in [0.29, 0.717) is 23.6 Å². The van der Waals surface area contributed by atoms with Crippen LogP contribution in [0.2, 0.25) is 0 Å². The lowest BCUT2D eigenvalue weighted by Crippen LogP contribution is -2.50. The fourth-order valence-corrected chi connectivity index (χ4v) is 7.28. The molecule has 196 valence electrons. The van der Waals surface area contributed by atoms with Gasteiger partial charge in [-0.1, -0.05) is 69.9 Å². The molecule has 6 heteroatoms. The highest BCUT2D eigenvalue weighted by Gasteiger charge is 2.44. The van der Waals surface area contributed by atoms with Crippen molar-refractivity contribution in [1.82, 2.24) is 14.5 Å². The lowest BCUT2D eigenvalue weighted by atomic mass is 9.90. The molecule has 1 saturated carbocycles. The molecule has 0 spiro atoms. The van der Waals surface area contributed by atoms with Crippen LogP contribution >= 0.6 is 0 Å². The van der Waals surface area contributed by atoms with E-state index in [4.69, 9.17) is 4.74 Å². The van der Waals surface area contributed by atoms with Gasteiger partial charge in [-0.25, -0.2) is 9.78 Å². The molecule has 36 heavy (non-hydrogen) atoms. The minimum atomic E-state index is -0.615. The average molecular weight is 494 g/mol. The van der Waals surface area contributed by atoms with Gasteiger partial charge in [0.25, 0.3) is 5.56 Å². The van der Waals surface area contributed by atoms with Gasteiger partial charge in [-0.05, 0) is 57.6 Å². The van der Waals surface area contributed by atoms with Gasteiger partial charge in [-0.15, -0.1) is 0 Å². The van der Waals surface area contributed by atoms with Crippen LogP contribution in [0, 0.1) is 0 Å². The number of aromatic nitrogens is 2. The van der Waals surface area contributed by atoms with Crippen molar-refractivity contribution < 1.29 is 9.53 Å². The highest BCUT2D eigenvalue weighted by Crippen LogP contribution is 2.44. The maximum atomic E-state index is 13.6. The van der Waals surface area contributed by atoms with Gasteiger partial charge in [-0.2, -0.15) is 0 Å². The fourth-order valence-electron chi connectivity index (χ4n) is 7.28. The summed E-state index contributed by atoms with van der Waals surface area (Å²) in [4.78, 5) is 33.5. The number of fused-ring (bicyclic) bond motifs is 3. The smallest absolute Gasteiger partial charge is 0.362 e. The van der Waals surface area contributed by atoms with Gasteiger partial charge in [0, 0.05) is 24.2 Å². The Balaban J connectivity index is 1.40. The first-order valence-electron chi connectivity index (χ1n) is 14.6. The van der Waals surface area contributed by atoms with E-state index in [0.717, 1.165) is 18.4 Å². The first-order valence-corrected chi connectivity index (χ1v) is 14.6. The zero-order valence-corrected chi connectivity index (χ0v) is 22.0. The molecule has 1 aromatic heterocycles. The molecule has 2 bridgehead atoms. The Morgan fingerprint density at radius 2 is 1.42 bits per heavy atom. The Morgan fingerprint density at radius 3 is 2.03 bits per heavy atom. The number of piperidine rings is 1. The number of hydrogen-bond donors (Lipinski definition) is 0. The molecule has 0 N–H and O–H groups in total. The Kier molecular flexibility index (Phi) is 8.40. The SMILES string of the molecule is CCOC(=O)c1nc2ccccc2n(C2CC3CCC(C2)N3C2CCCCCCCCCCC2)c1=O.